The fourth-order valence-corrected chi connectivity index (χ4v) is 8.09. The number of aromatic nitrogens is 1. The predicted molar refractivity (Wildman–Crippen MR) is 237 cm³/mol. The minimum Gasteiger partial charge on any atom is -0.497 e. The summed E-state index contributed by atoms with van der Waals surface area (Å²) < 4.78 is 8.08. The van der Waals surface area contributed by atoms with E-state index in [1.807, 2.05) is 91.5 Å². The molecule has 4 aromatic rings. The third-order valence-electron chi connectivity index (χ3n) is 10.8. The predicted octanol–water partition coefficient (Wildman–Crippen LogP) is 7.67. The Morgan fingerprint density at radius 2 is 1.49 bits per heavy atom. The lowest BCUT2D eigenvalue weighted by molar-refractivity contribution is -0.141. The number of methoxy groups -OCH3 is 1. The fourth-order valence-electron chi connectivity index (χ4n) is 7.26. The van der Waals surface area contributed by atoms with Crippen LogP contribution in [0.4, 0.5) is 0 Å². The molecule has 2 aliphatic carbocycles. The summed E-state index contributed by atoms with van der Waals surface area (Å²) in [6.07, 6.45) is 9.28. The Bertz CT molecular complexity index is 2040. The summed E-state index contributed by atoms with van der Waals surface area (Å²) in [6, 6.07) is 28.2. The van der Waals surface area contributed by atoms with E-state index in [1.165, 1.54) is 11.9 Å². The Morgan fingerprint density at radius 3 is 2.10 bits per heavy atom. The average Bonchev–Trinajstić information content (AvgIpc) is 4.21. The Kier molecular flexibility index (Phi) is 16.8. The molecule has 8 rings (SSSR count). The highest BCUT2D eigenvalue weighted by molar-refractivity contribution is 7.98. The first kappa shape index (κ1) is 44.7. The minimum atomic E-state index is -0.956. The number of amides is 4. The van der Waals surface area contributed by atoms with E-state index in [1.54, 1.807) is 36.3 Å². The van der Waals surface area contributed by atoms with Gasteiger partial charge in [-0.05, 0) is 81.0 Å². The average molecular weight is 822 g/mol. The van der Waals surface area contributed by atoms with Crippen LogP contribution < -0.4 is 20.2 Å². The van der Waals surface area contributed by atoms with Gasteiger partial charge < -0.3 is 24.8 Å². The molecule has 2 saturated carbocycles. The number of piperidine rings is 1. The Labute approximate surface area is 352 Å². The van der Waals surface area contributed by atoms with Crippen molar-refractivity contribution in [3.8, 4) is 17.0 Å². The number of benzene rings is 3. The summed E-state index contributed by atoms with van der Waals surface area (Å²) in [7, 11) is 1.61. The van der Waals surface area contributed by atoms with E-state index in [9.17, 15) is 24.0 Å². The molecule has 11 nitrogen and oxygen atoms in total. The van der Waals surface area contributed by atoms with Gasteiger partial charge in [-0.25, -0.2) is 0 Å². The molecule has 59 heavy (non-hydrogen) atoms. The molecule has 0 radical (unpaired) electrons. The van der Waals surface area contributed by atoms with Crippen molar-refractivity contribution in [1.29, 1.82) is 0 Å². The van der Waals surface area contributed by atoms with Crippen molar-refractivity contribution in [2.75, 3.05) is 26.7 Å². The molecule has 4 aliphatic rings. The van der Waals surface area contributed by atoms with Crippen LogP contribution in [0.15, 0.2) is 108 Å². The van der Waals surface area contributed by atoms with Gasteiger partial charge in [0.05, 0.1) is 12.6 Å². The third-order valence-corrected chi connectivity index (χ3v) is 11.9. The molecule has 0 bridgehead atoms. The summed E-state index contributed by atoms with van der Waals surface area (Å²) >= 11 is 1.43. The highest BCUT2D eigenvalue weighted by Gasteiger charge is 2.60. The Morgan fingerprint density at radius 1 is 0.847 bits per heavy atom. The molecule has 1 aromatic heterocycles. The highest BCUT2D eigenvalue weighted by atomic mass is 32.2. The molecule has 314 valence electrons. The summed E-state index contributed by atoms with van der Waals surface area (Å²) in [5, 5.41) is 4.09. The summed E-state index contributed by atoms with van der Waals surface area (Å²) in [6.45, 7) is 9.85. The van der Waals surface area contributed by atoms with E-state index in [0.29, 0.717) is 30.0 Å². The number of pyridine rings is 1. The van der Waals surface area contributed by atoms with Gasteiger partial charge in [-0.3, -0.25) is 28.7 Å². The van der Waals surface area contributed by atoms with Crippen molar-refractivity contribution in [2.45, 2.75) is 94.9 Å². The number of ether oxygens (including phenoxy) is 1. The van der Waals surface area contributed by atoms with Crippen molar-refractivity contribution in [1.82, 2.24) is 24.8 Å². The van der Waals surface area contributed by atoms with Gasteiger partial charge in [-0.2, -0.15) is 0 Å². The van der Waals surface area contributed by atoms with Gasteiger partial charge in [0.25, 0.3) is 5.91 Å². The molecule has 2 saturated heterocycles. The van der Waals surface area contributed by atoms with Gasteiger partial charge in [0.15, 0.2) is 5.43 Å². The lowest BCUT2D eigenvalue weighted by Crippen LogP contribution is -2.55. The van der Waals surface area contributed by atoms with Crippen molar-refractivity contribution in [3.05, 3.63) is 114 Å². The second-order valence-electron chi connectivity index (χ2n) is 14.9. The molecule has 3 heterocycles. The lowest BCUT2D eigenvalue weighted by atomic mass is 10.1. The molecule has 3 N–H and O–H groups in total. The quantitative estimate of drug-likeness (QED) is 0.104. The van der Waals surface area contributed by atoms with E-state index in [0.717, 1.165) is 74.1 Å². The SMILES string of the molecule is C=CC1C[C@]1(NC(=O)[C@@H]1CCCN1C(=O)CCC(=O)N1CCCCC1)C(=O)NSC1CC1.CC.COc1ccc2c(=O)cc(-c3ccccc3)[nH]c2c1.c1ccccc1. The van der Waals surface area contributed by atoms with E-state index in [2.05, 4.69) is 21.6 Å². The first-order valence-electron chi connectivity index (χ1n) is 21.0. The van der Waals surface area contributed by atoms with E-state index >= 15 is 0 Å². The number of rotatable bonds is 11. The van der Waals surface area contributed by atoms with Crippen LogP contribution in [0.5, 0.6) is 5.75 Å². The van der Waals surface area contributed by atoms with Crippen LogP contribution in [0.25, 0.3) is 22.2 Å². The van der Waals surface area contributed by atoms with Crippen LogP contribution in [0.1, 0.15) is 78.1 Å². The number of aromatic amines is 1. The number of likely N-dealkylation sites (tertiary alicyclic amines) is 2. The van der Waals surface area contributed by atoms with Gasteiger partial charge in [0.1, 0.15) is 17.3 Å². The maximum absolute atomic E-state index is 13.1. The molecular formula is C47H59N5O6S. The number of carbonyl (C=O) groups is 4. The van der Waals surface area contributed by atoms with Gasteiger partial charge in [-0.1, -0.05) is 86.7 Å². The number of hydrogen-bond donors (Lipinski definition) is 3. The third kappa shape index (κ3) is 12.3. The van der Waals surface area contributed by atoms with E-state index < -0.39 is 11.6 Å². The fraction of sp³-hybridized carbons (Fsp3) is 0.426. The topological polar surface area (TPSA) is 141 Å². The number of H-pyrrole nitrogens is 1. The number of nitrogens with zero attached hydrogens (tertiary/aromatic N) is 2. The van der Waals surface area contributed by atoms with Crippen molar-refractivity contribution in [2.24, 2.45) is 5.92 Å². The zero-order valence-corrected chi connectivity index (χ0v) is 35.4. The van der Waals surface area contributed by atoms with E-state index in [4.69, 9.17) is 4.74 Å². The Hall–Kier alpha value is -5.36. The molecule has 3 aromatic carbocycles. The molecule has 1 unspecified atom stereocenters. The molecule has 0 spiro atoms. The Balaban J connectivity index is 0.000000205. The maximum Gasteiger partial charge on any atom is 0.256 e. The number of carbonyl (C=O) groups excluding carboxylic acids is 4. The smallest absolute Gasteiger partial charge is 0.256 e. The van der Waals surface area contributed by atoms with Gasteiger partial charge in [-0.15, -0.1) is 6.58 Å². The zero-order chi connectivity index (χ0) is 42.2. The van der Waals surface area contributed by atoms with Gasteiger partial charge in [0.2, 0.25) is 17.7 Å². The normalized spacial score (nSPS) is 20.3. The molecule has 4 amide bonds. The zero-order valence-electron chi connectivity index (χ0n) is 34.6. The number of hydrogen-bond acceptors (Lipinski definition) is 7. The van der Waals surface area contributed by atoms with Crippen LogP contribution in [0.2, 0.25) is 0 Å². The number of nitrogens with one attached hydrogen (secondary N) is 3. The minimum absolute atomic E-state index is 0.00950. The molecular weight excluding hydrogens is 763 g/mol. The first-order chi connectivity index (χ1) is 28.7. The second-order valence-corrected chi connectivity index (χ2v) is 16.0. The molecule has 12 heteroatoms. The standard InChI is InChI=1S/C23H34N4O4S.C16H13NO2.C6H6.C2H6/c1-2-16-15-23(16,22(31)25-32-17-8-9-17)24-21(30)18-7-6-14-27(18)20(29)11-10-19(28)26-12-4-3-5-13-26;1-19-12-7-8-13-15(9-12)17-14(10-16(13)18)11-5-3-2-4-6-11;1-2-4-6-5-3-1;1-2/h2,16-18H,1,3-15H2,(H,24,30)(H,25,31);2-10H,1H3,(H,17,18);1-6H;1-2H3/t16?,18-,23+;;;/m0.../s1. The van der Waals surface area contributed by atoms with Crippen LogP contribution in [-0.4, -0.2) is 82.0 Å². The van der Waals surface area contributed by atoms with Crippen LogP contribution >= 0.6 is 11.9 Å². The monoisotopic (exact) mass is 821 g/mol. The summed E-state index contributed by atoms with van der Waals surface area (Å²) in [4.78, 5) is 70.0. The first-order valence-corrected chi connectivity index (χ1v) is 21.8. The van der Waals surface area contributed by atoms with Crippen LogP contribution in [0.3, 0.4) is 0 Å². The number of fused-ring (bicyclic) bond motifs is 1. The van der Waals surface area contributed by atoms with Crippen LogP contribution in [0, 0.1) is 5.92 Å². The molecule has 3 atom stereocenters. The van der Waals surface area contributed by atoms with Gasteiger partial charge >= 0.3 is 0 Å². The van der Waals surface area contributed by atoms with Crippen molar-refractivity contribution in [3.63, 3.8) is 0 Å². The lowest BCUT2D eigenvalue weighted by Gasteiger charge is -2.28. The van der Waals surface area contributed by atoms with Crippen molar-refractivity contribution < 1.29 is 23.9 Å². The largest absolute Gasteiger partial charge is 0.497 e. The highest BCUT2D eigenvalue weighted by Crippen LogP contribution is 2.46. The van der Waals surface area contributed by atoms with Crippen LogP contribution in [-0.2, 0) is 19.2 Å². The van der Waals surface area contributed by atoms with Gasteiger partial charge in [0, 0.05) is 66.9 Å². The summed E-state index contributed by atoms with van der Waals surface area (Å²) in [5.74, 6) is 0.0258. The van der Waals surface area contributed by atoms with E-state index in [-0.39, 0.29) is 47.8 Å². The molecule has 4 fully saturated rings. The summed E-state index contributed by atoms with van der Waals surface area (Å²) in [5.41, 5.74) is 1.64. The second kappa shape index (κ2) is 22.1. The maximum atomic E-state index is 13.1. The molecule has 2 aliphatic heterocycles. The van der Waals surface area contributed by atoms with Crippen molar-refractivity contribution >= 4 is 46.5 Å².